The largest absolute Gasteiger partial charge is 0.365 e. The van der Waals surface area contributed by atoms with Gasteiger partial charge in [0, 0.05) is 30.9 Å². The maximum atomic E-state index is 5.97. The molecular weight excluding hydrogens is 222 g/mol. The van der Waals surface area contributed by atoms with E-state index in [4.69, 9.17) is 11.6 Å². The van der Waals surface area contributed by atoms with Crippen LogP contribution in [0.15, 0.2) is 30.5 Å². The third-order valence-electron chi connectivity index (χ3n) is 2.41. The van der Waals surface area contributed by atoms with Gasteiger partial charge >= 0.3 is 0 Å². The van der Waals surface area contributed by atoms with Crippen LogP contribution < -0.4 is 5.32 Å². The van der Waals surface area contributed by atoms with Crippen molar-refractivity contribution in [1.82, 2.24) is 9.78 Å². The lowest BCUT2D eigenvalue weighted by Crippen LogP contribution is -2.01. The van der Waals surface area contributed by atoms with Gasteiger partial charge in [0.15, 0.2) is 0 Å². The molecule has 0 spiro atoms. The maximum absolute atomic E-state index is 5.97. The molecule has 0 radical (unpaired) electrons. The van der Waals surface area contributed by atoms with Crippen molar-refractivity contribution >= 4 is 17.4 Å². The topological polar surface area (TPSA) is 29.9 Å². The summed E-state index contributed by atoms with van der Waals surface area (Å²) in [4.78, 5) is 0. The second-order valence-electron chi connectivity index (χ2n) is 3.81. The first kappa shape index (κ1) is 11.0. The van der Waals surface area contributed by atoms with Crippen molar-refractivity contribution in [2.24, 2.45) is 7.05 Å². The fourth-order valence-electron chi connectivity index (χ4n) is 1.52. The average Bonchev–Trinajstić information content (AvgIpc) is 2.66. The van der Waals surface area contributed by atoms with Crippen molar-refractivity contribution < 1.29 is 0 Å². The molecule has 1 aromatic carbocycles. The van der Waals surface area contributed by atoms with Gasteiger partial charge < -0.3 is 5.32 Å². The van der Waals surface area contributed by atoms with Crippen molar-refractivity contribution in [2.75, 3.05) is 5.32 Å². The Morgan fingerprint density at radius 1 is 1.38 bits per heavy atom. The summed E-state index contributed by atoms with van der Waals surface area (Å²) in [5, 5.41) is 8.31. The number of aryl methyl sites for hydroxylation is 2. The Morgan fingerprint density at radius 2 is 2.19 bits per heavy atom. The normalized spacial score (nSPS) is 10.4. The molecule has 0 amide bonds. The lowest BCUT2D eigenvalue weighted by molar-refractivity contribution is 0.768. The Labute approximate surface area is 100 Å². The summed E-state index contributed by atoms with van der Waals surface area (Å²) in [5.41, 5.74) is 2.30. The van der Waals surface area contributed by atoms with Crippen molar-refractivity contribution in [3.63, 3.8) is 0 Å². The predicted molar refractivity (Wildman–Crippen MR) is 66.7 cm³/mol. The third kappa shape index (κ3) is 2.55. The molecule has 0 bridgehead atoms. The van der Waals surface area contributed by atoms with Crippen LogP contribution in [0, 0.1) is 6.92 Å². The van der Waals surface area contributed by atoms with Gasteiger partial charge in [-0.25, -0.2) is 0 Å². The Morgan fingerprint density at radius 3 is 2.81 bits per heavy atom. The Balaban J connectivity index is 2.02. The molecule has 16 heavy (non-hydrogen) atoms. The number of hydrogen-bond acceptors (Lipinski definition) is 2. The molecular formula is C12H14ClN3. The van der Waals surface area contributed by atoms with E-state index in [2.05, 4.69) is 16.5 Å². The number of benzene rings is 1. The van der Waals surface area contributed by atoms with E-state index in [1.165, 1.54) is 5.56 Å². The fourth-order valence-corrected chi connectivity index (χ4v) is 1.64. The molecule has 3 nitrogen and oxygen atoms in total. The molecule has 2 aromatic rings. The highest BCUT2D eigenvalue weighted by Gasteiger charge is 1.99. The highest BCUT2D eigenvalue weighted by Crippen LogP contribution is 2.16. The van der Waals surface area contributed by atoms with Gasteiger partial charge in [-0.1, -0.05) is 23.7 Å². The molecule has 84 valence electrons. The smallest absolute Gasteiger partial charge is 0.148 e. The quantitative estimate of drug-likeness (QED) is 0.887. The van der Waals surface area contributed by atoms with Gasteiger partial charge in [-0.3, -0.25) is 4.68 Å². The number of nitrogens with zero attached hydrogens (tertiary/aromatic N) is 2. The molecule has 0 unspecified atom stereocenters. The summed E-state index contributed by atoms with van der Waals surface area (Å²) in [7, 11) is 1.90. The van der Waals surface area contributed by atoms with Gasteiger partial charge in [0.2, 0.25) is 0 Å². The van der Waals surface area contributed by atoms with Crippen molar-refractivity contribution in [2.45, 2.75) is 13.5 Å². The van der Waals surface area contributed by atoms with Gasteiger partial charge in [0.05, 0.1) is 0 Å². The zero-order valence-electron chi connectivity index (χ0n) is 9.37. The number of aromatic nitrogens is 2. The molecule has 1 heterocycles. The van der Waals surface area contributed by atoms with Gasteiger partial charge in [-0.05, 0) is 24.1 Å². The molecule has 0 aliphatic carbocycles. The zero-order chi connectivity index (χ0) is 11.5. The number of anilines is 1. The monoisotopic (exact) mass is 235 g/mol. The lowest BCUT2D eigenvalue weighted by Gasteiger charge is -2.05. The van der Waals surface area contributed by atoms with Crippen LogP contribution in [0.2, 0.25) is 5.02 Å². The van der Waals surface area contributed by atoms with Crippen LogP contribution in [-0.4, -0.2) is 9.78 Å². The molecule has 0 atom stereocenters. The molecule has 0 saturated carbocycles. The SMILES string of the molecule is Cc1cc(CNc2ccn(C)n2)ccc1Cl. The number of rotatable bonds is 3. The van der Waals surface area contributed by atoms with E-state index in [1.807, 2.05) is 38.4 Å². The van der Waals surface area contributed by atoms with Crippen LogP contribution in [-0.2, 0) is 13.6 Å². The van der Waals surface area contributed by atoms with Gasteiger partial charge in [-0.15, -0.1) is 0 Å². The molecule has 1 N–H and O–H groups in total. The molecule has 0 saturated heterocycles. The number of hydrogen-bond donors (Lipinski definition) is 1. The summed E-state index contributed by atoms with van der Waals surface area (Å²) in [6.45, 7) is 2.77. The van der Waals surface area contributed by atoms with Crippen LogP contribution in [0.5, 0.6) is 0 Å². The second-order valence-corrected chi connectivity index (χ2v) is 4.22. The fraction of sp³-hybridized carbons (Fsp3) is 0.250. The zero-order valence-corrected chi connectivity index (χ0v) is 10.1. The third-order valence-corrected chi connectivity index (χ3v) is 2.83. The number of nitrogens with one attached hydrogen (secondary N) is 1. The van der Waals surface area contributed by atoms with Crippen LogP contribution >= 0.6 is 11.6 Å². The van der Waals surface area contributed by atoms with Crippen LogP contribution in [0.3, 0.4) is 0 Å². The standard InChI is InChI=1S/C12H14ClN3/c1-9-7-10(3-4-11(9)13)8-14-12-5-6-16(2)15-12/h3-7H,8H2,1-2H3,(H,14,15). The summed E-state index contributed by atoms with van der Waals surface area (Å²) >= 11 is 5.97. The van der Waals surface area contributed by atoms with Gasteiger partial charge in [0.1, 0.15) is 5.82 Å². The van der Waals surface area contributed by atoms with Crippen molar-refractivity contribution in [3.05, 3.63) is 46.6 Å². The average molecular weight is 236 g/mol. The molecule has 0 aliphatic heterocycles. The van der Waals surface area contributed by atoms with Gasteiger partial charge in [-0.2, -0.15) is 5.10 Å². The minimum Gasteiger partial charge on any atom is -0.365 e. The van der Waals surface area contributed by atoms with Gasteiger partial charge in [0.25, 0.3) is 0 Å². The Bertz CT molecular complexity index is 491. The number of halogens is 1. The molecule has 2 rings (SSSR count). The van der Waals surface area contributed by atoms with E-state index in [1.54, 1.807) is 4.68 Å². The molecule has 4 heteroatoms. The first-order chi connectivity index (χ1) is 7.65. The Kier molecular flexibility index (Phi) is 3.15. The van der Waals surface area contributed by atoms with Crippen LogP contribution in [0.4, 0.5) is 5.82 Å². The van der Waals surface area contributed by atoms with E-state index >= 15 is 0 Å². The van der Waals surface area contributed by atoms with E-state index < -0.39 is 0 Å². The van der Waals surface area contributed by atoms with Crippen LogP contribution in [0.25, 0.3) is 0 Å². The summed E-state index contributed by atoms with van der Waals surface area (Å²) in [6, 6.07) is 7.97. The second kappa shape index (κ2) is 4.58. The molecule has 0 aliphatic rings. The van der Waals surface area contributed by atoms with Crippen LogP contribution in [0.1, 0.15) is 11.1 Å². The van der Waals surface area contributed by atoms with Crippen molar-refractivity contribution in [3.8, 4) is 0 Å². The van der Waals surface area contributed by atoms with E-state index in [9.17, 15) is 0 Å². The van der Waals surface area contributed by atoms with E-state index in [0.717, 1.165) is 22.9 Å². The minimum atomic E-state index is 0.759. The first-order valence-electron chi connectivity index (χ1n) is 5.14. The molecule has 0 fully saturated rings. The summed E-state index contributed by atoms with van der Waals surface area (Å²) in [6.07, 6.45) is 1.91. The summed E-state index contributed by atoms with van der Waals surface area (Å²) < 4.78 is 1.77. The van der Waals surface area contributed by atoms with E-state index in [-0.39, 0.29) is 0 Å². The Hall–Kier alpha value is -1.48. The highest BCUT2D eigenvalue weighted by atomic mass is 35.5. The molecule has 1 aromatic heterocycles. The van der Waals surface area contributed by atoms with Crippen molar-refractivity contribution in [1.29, 1.82) is 0 Å². The summed E-state index contributed by atoms with van der Waals surface area (Å²) in [5.74, 6) is 0.884. The first-order valence-corrected chi connectivity index (χ1v) is 5.51. The van der Waals surface area contributed by atoms with E-state index in [0.29, 0.717) is 0 Å². The highest BCUT2D eigenvalue weighted by molar-refractivity contribution is 6.31. The lowest BCUT2D eigenvalue weighted by atomic mass is 10.1. The minimum absolute atomic E-state index is 0.759. The predicted octanol–water partition coefficient (Wildman–Crippen LogP) is 2.99. The maximum Gasteiger partial charge on any atom is 0.148 e.